The van der Waals surface area contributed by atoms with E-state index < -0.39 is 5.97 Å². The van der Waals surface area contributed by atoms with Gasteiger partial charge in [0.15, 0.2) is 11.5 Å². The highest BCUT2D eigenvalue weighted by molar-refractivity contribution is 5.95. The number of aromatic carboxylic acids is 1. The molecule has 1 aromatic carbocycles. The summed E-state index contributed by atoms with van der Waals surface area (Å²) in [5, 5.41) is 13.9. The first-order valence-corrected chi connectivity index (χ1v) is 7.33. The third-order valence-corrected chi connectivity index (χ3v) is 3.70. The van der Waals surface area contributed by atoms with Crippen LogP contribution in [0.15, 0.2) is 67.0 Å². The van der Waals surface area contributed by atoms with Crippen LogP contribution >= 0.6 is 0 Å². The minimum absolute atomic E-state index is 0.109. The molecule has 0 spiro atoms. The normalized spacial score (nSPS) is 10.8. The summed E-state index contributed by atoms with van der Waals surface area (Å²) in [6.07, 6.45) is 3.31. The number of hydrogen-bond donors (Lipinski definition) is 1. The number of carboxylic acid groups (broad SMARTS) is 1. The number of pyridine rings is 2. The molecule has 116 valence electrons. The number of rotatable bonds is 3. The number of benzene rings is 1. The van der Waals surface area contributed by atoms with Gasteiger partial charge in [0.25, 0.3) is 0 Å². The second kappa shape index (κ2) is 5.58. The van der Waals surface area contributed by atoms with Crippen molar-refractivity contribution in [2.75, 3.05) is 0 Å². The highest BCUT2D eigenvalue weighted by Gasteiger charge is 2.17. The summed E-state index contributed by atoms with van der Waals surface area (Å²) in [5.74, 6) is -0.598. The summed E-state index contributed by atoms with van der Waals surface area (Å²) in [7, 11) is 0. The minimum atomic E-state index is -1.04. The molecule has 24 heavy (non-hydrogen) atoms. The maximum absolute atomic E-state index is 11.5. The number of nitrogens with zero attached hydrogens (tertiary/aromatic N) is 4. The fraction of sp³-hybridized carbons (Fsp3) is 0. The van der Waals surface area contributed by atoms with Crippen molar-refractivity contribution < 1.29 is 9.90 Å². The molecule has 4 rings (SSSR count). The smallest absolute Gasteiger partial charge is 0.339 e. The Morgan fingerprint density at radius 1 is 0.958 bits per heavy atom. The fourth-order valence-electron chi connectivity index (χ4n) is 2.57. The molecule has 0 radical (unpaired) electrons. The van der Waals surface area contributed by atoms with Gasteiger partial charge >= 0.3 is 5.97 Å². The van der Waals surface area contributed by atoms with Crippen LogP contribution < -0.4 is 0 Å². The van der Waals surface area contributed by atoms with E-state index in [1.807, 2.05) is 36.4 Å². The van der Waals surface area contributed by atoms with Crippen LogP contribution in [0.1, 0.15) is 10.4 Å². The van der Waals surface area contributed by atoms with Crippen molar-refractivity contribution >= 4 is 11.6 Å². The van der Waals surface area contributed by atoms with Crippen LogP contribution in [-0.2, 0) is 0 Å². The molecule has 0 unspecified atom stereocenters. The highest BCUT2D eigenvalue weighted by Crippen LogP contribution is 2.24. The van der Waals surface area contributed by atoms with Gasteiger partial charge in [-0.1, -0.05) is 30.3 Å². The van der Waals surface area contributed by atoms with Crippen LogP contribution in [0.5, 0.6) is 0 Å². The van der Waals surface area contributed by atoms with Crippen molar-refractivity contribution in [2.24, 2.45) is 0 Å². The van der Waals surface area contributed by atoms with Crippen molar-refractivity contribution in [3.8, 4) is 22.6 Å². The van der Waals surface area contributed by atoms with Gasteiger partial charge in [-0.15, -0.1) is 5.10 Å². The largest absolute Gasteiger partial charge is 0.478 e. The lowest BCUT2D eigenvalue weighted by atomic mass is 10.1. The summed E-state index contributed by atoms with van der Waals surface area (Å²) in [4.78, 5) is 20.0. The van der Waals surface area contributed by atoms with Gasteiger partial charge < -0.3 is 5.11 Å². The number of carboxylic acids is 1. The van der Waals surface area contributed by atoms with Crippen LogP contribution in [-0.4, -0.2) is 30.7 Å². The Balaban J connectivity index is 2.01. The van der Waals surface area contributed by atoms with Crippen LogP contribution in [0.2, 0.25) is 0 Å². The molecule has 0 bridgehead atoms. The molecule has 6 heteroatoms. The van der Waals surface area contributed by atoms with Crippen molar-refractivity contribution in [1.29, 1.82) is 0 Å². The number of carbonyl (C=O) groups is 1. The molecule has 3 aromatic heterocycles. The van der Waals surface area contributed by atoms with Gasteiger partial charge in [-0.3, -0.25) is 4.98 Å². The Morgan fingerprint density at radius 3 is 2.46 bits per heavy atom. The Kier molecular flexibility index (Phi) is 3.28. The molecule has 0 aliphatic heterocycles. The fourth-order valence-corrected chi connectivity index (χ4v) is 2.57. The van der Waals surface area contributed by atoms with Crippen molar-refractivity contribution in [2.45, 2.75) is 0 Å². The average molecular weight is 316 g/mol. The lowest BCUT2D eigenvalue weighted by Crippen LogP contribution is -2.03. The van der Waals surface area contributed by atoms with E-state index in [1.165, 1.54) is 0 Å². The Hall–Kier alpha value is -3.54. The second-order valence-corrected chi connectivity index (χ2v) is 5.22. The maximum Gasteiger partial charge on any atom is 0.339 e. The van der Waals surface area contributed by atoms with Crippen LogP contribution in [0.3, 0.4) is 0 Å². The zero-order chi connectivity index (χ0) is 16.5. The van der Waals surface area contributed by atoms with Gasteiger partial charge in [-0.25, -0.2) is 14.3 Å². The van der Waals surface area contributed by atoms with E-state index in [0.29, 0.717) is 11.5 Å². The van der Waals surface area contributed by atoms with E-state index in [1.54, 1.807) is 35.1 Å². The lowest BCUT2D eigenvalue weighted by molar-refractivity contribution is 0.0698. The minimum Gasteiger partial charge on any atom is -0.478 e. The van der Waals surface area contributed by atoms with E-state index in [2.05, 4.69) is 15.1 Å². The molecule has 1 N–H and O–H groups in total. The zero-order valence-electron chi connectivity index (χ0n) is 12.5. The monoisotopic (exact) mass is 316 g/mol. The highest BCUT2D eigenvalue weighted by atomic mass is 16.4. The van der Waals surface area contributed by atoms with Gasteiger partial charge in [0.1, 0.15) is 5.56 Å². The molecule has 6 nitrogen and oxygen atoms in total. The van der Waals surface area contributed by atoms with Crippen LogP contribution in [0.25, 0.3) is 28.3 Å². The first-order valence-electron chi connectivity index (χ1n) is 7.33. The molecule has 0 amide bonds. The lowest BCUT2D eigenvalue weighted by Gasteiger charge is -2.05. The molecule has 3 heterocycles. The van der Waals surface area contributed by atoms with Crippen LogP contribution in [0.4, 0.5) is 0 Å². The van der Waals surface area contributed by atoms with E-state index >= 15 is 0 Å². The molecule has 0 fully saturated rings. The molecular weight excluding hydrogens is 304 g/mol. The Labute approximate surface area is 137 Å². The van der Waals surface area contributed by atoms with E-state index in [0.717, 1.165) is 16.8 Å². The second-order valence-electron chi connectivity index (χ2n) is 5.22. The molecule has 0 saturated heterocycles. The third kappa shape index (κ3) is 2.30. The van der Waals surface area contributed by atoms with E-state index in [4.69, 9.17) is 0 Å². The summed E-state index contributed by atoms with van der Waals surface area (Å²) in [6, 6.07) is 16.6. The average Bonchev–Trinajstić information content (AvgIpc) is 3.07. The van der Waals surface area contributed by atoms with Crippen molar-refractivity contribution in [3.63, 3.8) is 0 Å². The van der Waals surface area contributed by atoms with Crippen molar-refractivity contribution in [3.05, 3.63) is 72.6 Å². The SMILES string of the molecule is O=C(O)c1ccc(-c2ccccc2)n2nc(-c3cccnc3)nc12. The third-order valence-electron chi connectivity index (χ3n) is 3.70. The first-order chi connectivity index (χ1) is 11.7. The standard InChI is InChI=1S/C18H12N4O2/c23-18(24)14-8-9-15(12-5-2-1-3-6-12)22-17(14)20-16(21-22)13-7-4-10-19-11-13/h1-11H,(H,23,24). The molecule has 0 aliphatic rings. The van der Waals surface area contributed by atoms with E-state index in [-0.39, 0.29) is 5.56 Å². The molecular formula is C18H12N4O2. The molecule has 4 aromatic rings. The predicted octanol–water partition coefficient (Wildman–Crippen LogP) is 3.16. The first kappa shape index (κ1) is 14.1. The van der Waals surface area contributed by atoms with Gasteiger partial charge in [-0.2, -0.15) is 0 Å². The van der Waals surface area contributed by atoms with Gasteiger partial charge in [-0.05, 0) is 24.3 Å². The van der Waals surface area contributed by atoms with Gasteiger partial charge in [0.2, 0.25) is 0 Å². The van der Waals surface area contributed by atoms with Crippen LogP contribution in [0, 0.1) is 0 Å². The van der Waals surface area contributed by atoms with Crippen molar-refractivity contribution in [1.82, 2.24) is 19.6 Å². The van der Waals surface area contributed by atoms with Gasteiger partial charge in [0, 0.05) is 23.5 Å². The van der Waals surface area contributed by atoms with Gasteiger partial charge in [0.05, 0.1) is 5.69 Å². The zero-order valence-corrected chi connectivity index (χ0v) is 12.5. The predicted molar refractivity (Wildman–Crippen MR) is 88.6 cm³/mol. The Bertz CT molecular complexity index is 1030. The number of fused-ring (bicyclic) bond motifs is 1. The molecule has 0 saturated carbocycles. The maximum atomic E-state index is 11.5. The summed E-state index contributed by atoms with van der Waals surface area (Å²) >= 11 is 0. The quantitative estimate of drug-likeness (QED) is 0.628. The summed E-state index contributed by atoms with van der Waals surface area (Å²) < 4.78 is 1.57. The van der Waals surface area contributed by atoms with E-state index in [9.17, 15) is 9.90 Å². The number of hydrogen-bond acceptors (Lipinski definition) is 4. The summed E-state index contributed by atoms with van der Waals surface area (Å²) in [6.45, 7) is 0. The number of aromatic nitrogens is 4. The summed E-state index contributed by atoms with van der Waals surface area (Å²) in [5.41, 5.74) is 2.86. The Morgan fingerprint density at radius 2 is 1.75 bits per heavy atom. The molecule has 0 aliphatic carbocycles. The molecule has 0 atom stereocenters. The topological polar surface area (TPSA) is 80.4 Å².